The number of nitrogens with zero attached hydrogens (tertiary/aromatic N) is 4. The Kier molecular flexibility index (Phi) is 3.90. The average molecular weight is 326 g/mol. The molecule has 0 bridgehead atoms. The van der Waals surface area contributed by atoms with Crippen molar-refractivity contribution < 1.29 is 9.50 Å². The summed E-state index contributed by atoms with van der Waals surface area (Å²) in [6.07, 6.45) is 4.01. The molecule has 1 aliphatic rings. The second kappa shape index (κ2) is 6.20. The number of hydrogen-bond donors (Lipinski definition) is 1. The van der Waals surface area contributed by atoms with Crippen LogP contribution in [0.1, 0.15) is 19.3 Å². The third kappa shape index (κ3) is 2.85. The Balaban J connectivity index is 1.79. The predicted molar refractivity (Wildman–Crippen MR) is 90.5 cm³/mol. The smallest absolute Gasteiger partial charge is 0.157 e. The van der Waals surface area contributed by atoms with Crippen LogP contribution in [-0.2, 0) is 0 Å². The fourth-order valence-corrected chi connectivity index (χ4v) is 3.20. The molecule has 6 heteroatoms. The highest BCUT2D eigenvalue weighted by Crippen LogP contribution is 2.26. The maximum atomic E-state index is 13.2. The third-order valence-electron chi connectivity index (χ3n) is 4.50. The highest BCUT2D eigenvalue weighted by Gasteiger charge is 2.19. The first-order valence-corrected chi connectivity index (χ1v) is 8.24. The summed E-state index contributed by atoms with van der Waals surface area (Å²) in [4.78, 5) is 6.87. The lowest BCUT2D eigenvalue weighted by atomic mass is 10.1. The van der Waals surface area contributed by atoms with Crippen molar-refractivity contribution >= 4 is 11.5 Å². The number of fused-ring (bicyclic) bond motifs is 1. The second-order valence-corrected chi connectivity index (χ2v) is 6.18. The summed E-state index contributed by atoms with van der Waals surface area (Å²) in [5.74, 6) is 0.698. The molecule has 1 saturated heterocycles. The van der Waals surface area contributed by atoms with Gasteiger partial charge in [0.15, 0.2) is 5.65 Å². The normalized spacial score (nSPS) is 18.8. The Morgan fingerprint density at radius 2 is 1.92 bits per heavy atom. The highest BCUT2D eigenvalue weighted by atomic mass is 19.1. The van der Waals surface area contributed by atoms with E-state index in [0.29, 0.717) is 0 Å². The van der Waals surface area contributed by atoms with Gasteiger partial charge in [-0.2, -0.15) is 9.61 Å². The molecule has 1 aliphatic heterocycles. The Bertz CT molecular complexity index is 846. The van der Waals surface area contributed by atoms with E-state index in [2.05, 4.69) is 15.0 Å². The van der Waals surface area contributed by atoms with Crippen molar-refractivity contribution in [3.63, 3.8) is 0 Å². The lowest BCUT2D eigenvalue weighted by Crippen LogP contribution is -2.27. The van der Waals surface area contributed by atoms with Gasteiger partial charge in [-0.3, -0.25) is 0 Å². The Morgan fingerprint density at radius 1 is 1.08 bits per heavy atom. The van der Waals surface area contributed by atoms with Crippen LogP contribution in [0.3, 0.4) is 0 Å². The van der Waals surface area contributed by atoms with Gasteiger partial charge in [0.2, 0.25) is 0 Å². The van der Waals surface area contributed by atoms with Crippen LogP contribution in [0.5, 0.6) is 0 Å². The van der Waals surface area contributed by atoms with Crippen LogP contribution in [0.25, 0.3) is 16.9 Å². The molecule has 0 radical (unpaired) electrons. The largest absolute Gasteiger partial charge is 0.393 e. The van der Waals surface area contributed by atoms with Crippen molar-refractivity contribution in [2.45, 2.75) is 25.4 Å². The van der Waals surface area contributed by atoms with Crippen molar-refractivity contribution in [1.82, 2.24) is 14.6 Å². The predicted octanol–water partition coefficient (Wildman–Crippen LogP) is 2.89. The van der Waals surface area contributed by atoms with E-state index in [1.807, 2.05) is 16.6 Å². The van der Waals surface area contributed by atoms with Gasteiger partial charge in [0.25, 0.3) is 0 Å². The number of anilines is 1. The van der Waals surface area contributed by atoms with E-state index in [0.717, 1.165) is 55.1 Å². The summed E-state index contributed by atoms with van der Waals surface area (Å²) in [6.45, 7) is 1.65. The molecule has 1 atom stereocenters. The van der Waals surface area contributed by atoms with E-state index in [9.17, 15) is 9.50 Å². The highest BCUT2D eigenvalue weighted by molar-refractivity contribution is 5.66. The number of rotatable bonds is 2. The standard InChI is InChI=1S/C18H19FN4O/c19-14-5-3-13(4-6-14)16-12-18(23-17(21-16)7-9-20-23)22-10-1-2-15(24)8-11-22/h3-7,9,12,15,24H,1-2,8,10-11H2/t15-/m0/s1. The van der Waals surface area contributed by atoms with Gasteiger partial charge in [-0.05, 0) is 43.5 Å². The first-order valence-electron chi connectivity index (χ1n) is 8.24. The van der Waals surface area contributed by atoms with E-state index in [1.54, 1.807) is 18.3 Å². The van der Waals surface area contributed by atoms with Gasteiger partial charge in [-0.15, -0.1) is 0 Å². The molecular weight excluding hydrogens is 307 g/mol. The molecule has 1 fully saturated rings. The van der Waals surface area contributed by atoms with Crippen molar-refractivity contribution in [2.24, 2.45) is 0 Å². The molecule has 5 nitrogen and oxygen atoms in total. The minimum absolute atomic E-state index is 0.235. The molecule has 24 heavy (non-hydrogen) atoms. The quantitative estimate of drug-likeness (QED) is 0.787. The summed E-state index contributed by atoms with van der Waals surface area (Å²) in [6, 6.07) is 10.2. The summed E-state index contributed by atoms with van der Waals surface area (Å²) in [5.41, 5.74) is 2.43. The molecule has 0 saturated carbocycles. The molecule has 0 spiro atoms. The number of aromatic nitrogens is 3. The Labute approximate surface area is 139 Å². The molecule has 1 N–H and O–H groups in total. The van der Waals surface area contributed by atoms with Crippen molar-refractivity contribution in [3.8, 4) is 11.3 Å². The van der Waals surface area contributed by atoms with Crippen LogP contribution in [0.4, 0.5) is 10.2 Å². The van der Waals surface area contributed by atoms with Crippen LogP contribution in [-0.4, -0.2) is 38.9 Å². The lowest BCUT2D eigenvalue weighted by Gasteiger charge is -2.23. The molecule has 4 rings (SSSR count). The summed E-state index contributed by atoms with van der Waals surface area (Å²) < 4.78 is 15.0. The zero-order chi connectivity index (χ0) is 16.5. The zero-order valence-corrected chi connectivity index (χ0v) is 13.3. The Morgan fingerprint density at radius 3 is 2.75 bits per heavy atom. The number of hydrogen-bond acceptors (Lipinski definition) is 4. The average Bonchev–Trinajstić information content (AvgIpc) is 2.96. The number of aliphatic hydroxyl groups is 1. The molecule has 1 aromatic carbocycles. The second-order valence-electron chi connectivity index (χ2n) is 6.18. The van der Waals surface area contributed by atoms with Crippen molar-refractivity contribution in [3.05, 3.63) is 48.4 Å². The topological polar surface area (TPSA) is 53.7 Å². The van der Waals surface area contributed by atoms with Gasteiger partial charge in [-0.25, -0.2) is 9.37 Å². The van der Waals surface area contributed by atoms with E-state index in [4.69, 9.17) is 0 Å². The molecule has 3 heterocycles. The van der Waals surface area contributed by atoms with Gasteiger partial charge in [0.1, 0.15) is 11.6 Å². The van der Waals surface area contributed by atoms with Crippen LogP contribution in [0.15, 0.2) is 42.6 Å². The molecule has 2 aromatic heterocycles. The molecular formula is C18H19FN4O. The Hall–Kier alpha value is -2.47. The zero-order valence-electron chi connectivity index (χ0n) is 13.3. The number of halogens is 1. The van der Waals surface area contributed by atoms with E-state index in [-0.39, 0.29) is 11.9 Å². The van der Waals surface area contributed by atoms with Crippen LogP contribution >= 0.6 is 0 Å². The molecule has 0 amide bonds. The minimum atomic E-state index is -0.258. The third-order valence-corrected chi connectivity index (χ3v) is 4.50. The van der Waals surface area contributed by atoms with E-state index in [1.165, 1.54) is 12.1 Å². The summed E-state index contributed by atoms with van der Waals surface area (Å²) in [5, 5.41) is 14.3. The van der Waals surface area contributed by atoms with Crippen molar-refractivity contribution in [1.29, 1.82) is 0 Å². The van der Waals surface area contributed by atoms with Gasteiger partial charge in [0, 0.05) is 30.8 Å². The van der Waals surface area contributed by atoms with Gasteiger partial charge in [0.05, 0.1) is 18.0 Å². The van der Waals surface area contributed by atoms with E-state index < -0.39 is 0 Å². The number of benzene rings is 1. The maximum absolute atomic E-state index is 13.2. The number of aliphatic hydroxyl groups excluding tert-OH is 1. The lowest BCUT2D eigenvalue weighted by molar-refractivity contribution is 0.161. The fourth-order valence-electron chi connectivity index (χ4n) is 3.20. The van der Waals surface area contributed by atoms with Gasteiger partial charge >= 0.3 is 0 Å². The first kappa shape index (κ1) is 15.1. The van der Waals surface area contributed by atoms with Crippen molar-refractivity contribution in [2.75, 3.05) is 18.0 Å². The van der Waals surface area contributed by atoms with Crippen LogP contribution < -0.4 is 4.90 Å². The summed E-state index contributed by atoms with van der Waals surface area (Å²) in [7, 11) is 0. The van der Waals surface area contributed by atoms with E-state index >= 15 is 0 Å². The molecule has 124 valence electrons. The van der Waals surface area contributed by atoms with Gasteiger partial charge in [-0.1, -0.05) is 0 Å². The first-order chi connectivity index (χ1) is 11.7. The SMILES string of the molecule is O[C@H]1CCCN(c2cc(-c3ccc(F)cc3)nc3ccnn23)CC1. The fraction of sp³-hybridized carbons (Fsp3) is 0.333. The molecule has 3 aromatic rings. The minimum Gasteiger partial charge on any atom is -0.393 e. The molecule has 0 unspecified atom stereocenters. The molecule has 0 aliphatic carbocycles. The monoisotopic (exact) mass is 326 g/mol. The van der Waals surface area contributed by atoms with Crippen LogP contribution in [0, 0.1) is 5.82 Å². The van der Waals surface area contributed by atoms with Gasteiger partial charge < -0.3 is 10.0 Å². The van der Waals surface area contributed by atoms with Crippen LogP contribution in [0.2, 0.25) is 0 Å². The summed E-state index contributed by atoms with van der Waals surface area (Å²) >= 11 is 0. The maximum Gasteiger partial charge on any atom is 0.157 e.